The van der Waals surface area contributed by atoms with Crippen LogP contribution in [-0.2, 0) is 0 Å². The summed E-state index contributed by atoms with van der Waals surface area (Å²) < 4.78 is 0. The second-order valence-corrected chi connectivity index (χ2v) is 4.68. The number of rotatable bonds is 3. The van der Waals surface area contributed by atoms with E-state index in [0.29, 0.717) is 12.0 Å². The van der Waals surface area contributed by atoms with E-state index >= 15 is 0 Å². The fourth-order valence-electron chi connectivity index (χ4n) is 2.08. The van der Waals surface area contributed by atoms with Crippen molar-refractivity contribution in [3.63, 3.8) is 0 Å². The third-order valence-corrected chi connectivity index (χ3v) is 3.10. The van der Waals surface area contributed by atoms with Gasteiger partial charge < -0.3 is 11.1 Å². The van der Waals surface area contributed by atoms with E-state index in [9.17, 15) is 4.79 Å². The maximum Gasteiger partial charge on any atom is 0.251 e. The van der Waals surface area contributed by atoms with E-state index in [0.717, 1.165) is 30.5 Å². The predicted molar refractivity (Wildman–Crippen MR) is 64.2 cm³/mol. The summed E-state index contributed by atoms with van der Waals surface area (Å²) in [6.07, 6.45) is 2.07. The minimum atomic E-state index is 0.0178. The molecule has 1 fully saturated rings. The van der Waals surface area contributed by atoms with Gasteiger partial charge in [-0.1, -0.05) is 17.7 Å². The smallest absolute Gasteiger partial charge is 0.251 e. The molecule has 0 heterocycles. The lowest BCUT2D eigenvalue weighted by molar-refractivity contribution is 0.0935. The zero-order valence-electron chi connectivity index (χ0n) is 9.57. The van der Waals surface area contributed by atoms with E-state index < -0.39 is 0 Å². The van der Waals surface area contributed by atoms with Crippen LogP contribution in [0.4, 0.5) is 0 Å². The van der Waals surface area contributed by atoms with E-state index in [4.69, 9.17) is 5.73 Å². The lowest BCUT2D eigenvalue weighted by Crippen LogP contribution is -2.42. The second-order valence-electron chi connectivity index (χ2n) is 4.68. The number of nitrogens with one attached hydrogen (secondary N) is 1. The van der Waals surface area contributed by atoms with E-state index in [1.54, 1.807) is 0 Å². The molecule has 0 atom stereocenters. The summed E-state index contributed by atoms with van der Waals surface area (Å²) in [5.74, 6) is 0.591. The number of carbonyl (C=O) groups excluding carboxylic acids is 1. The molecule has 1 aromatic rings. The molecule has 0 radical (unpaired) electrons. The summed E-state index contributed by atoms with van der Waals surface area (Å²) in [7, 11) is 0. The van der Waals surface area contributed by atoms with Gasteiger partial charge >= 0.3 is 0 Å². The zero-order valence-corrected chi connectivity index (χ0v) is 9.57. The lowest BCUT2D eigenvalue weighted by atomic mass is 9.81. The molecule has 3 heteroatoms. The molecule has 0 aliphatic heterocycles. The molecule has 0 unspecified atom stereocenters. The Kier molecular flexibility index (Phi) is 3.25. The number of hydrogen-bond acceptors (Lipinski definition) is 2. The van der Waals surface area contributed by atoms with Crippen molar-refractivity contribution >= 4 is 5.91 Å². The molecular weight excluding hydrogens is 200 g/mol. The highest BCUT2D eigenvalue weighted by molar-refractivity contribution is 5.94. The summed E-state index contributed by atoms with van der Waals surface area (Å²) in [6, 6.07) is 7.99. The summed E-state index contributed by atoms with van der Waals surface area (Å²) in [5.41, 5.74) is 7.54. The van der Waals surface area contributed by atoms with Crippen LogP contribution in [-0.4, -0.2) is 18.5 Å². The molecule has 0 aromatic heterocycles. The maximum absolute atomic E-state index is 11.8. The molecule has 86 valence electrons. The molecule has 1 aliphatic carbocycles. The summed E-state index contributed by atoms with van der Waals surface area (Å²) in [4.78, 5) is 11.8. The number of amides is 1. The molecule has 3 nitrogen and oxygen atoms in total. The van der Waals surface area contributed by atoms with Gasteiger partial charge in [-0.3, -0.25) is 4.79 Å². The number of nitrogens with two attached hydrogens (primary N) is 1. The van der Waals surface area contributed by atoms with Crippen molar-refractivity contribution in [1.29, 1.82) is 0 Å². The van der Waals surface area contributed by atoms with E-state index in [-0.39, 0.29) is 5.91 Å². The van der Waals surface area contributed by atoms with E-state index in [2.05, 4.69) is 5.32 Å². The maximum atomic E-state index is 11.8. The molecule has 1 amide bonds. The first-order valence-corrected chi connectivity index (χ1v) is 5.75. The van der Waals surface area contributed by atoms with Crippen LogP contribution >= 0.6 is 0 Å². The number of carbonyl (C=O) groups is 1. The van der Waals surface area contributed by atoms with Gasteiger partial charge in [-0.05, 0) is 37.8 Å². The van der Waals surface area contributed by atoms with Crippen molar-refractivity contribution in [3.8, 4) is 0 Å². The minimum absolute atomic E-state index is 0.0178. The van der Waals surface area contributed by atoms with E-state index in [1.807, 2.05) is 31.2 Å². The Balaban J connectivity index is 1.84. The van der Waals surface area contributed by atoms with Crippen LogP contribution in [0.1, 0.15) is 28.8 Å². The van der Waals surface area contributed by atoms with Crippen LogP contribution < -0.4 is 11.1 Å². The Morgan fingerprint density at radius 1 is 1.50 bits per heavy atom. The van der Waals surface area contributed by atoms with Gasteiger partial charge in [-0.2, -0.15) is 0 Å². The molecule has 0 bridgehead atoms. The Hall–Kier alpha value is -1.35. The van der Waals surface area contributed by atoms with Crippen LogP contribution in [0.5, 0.6) is 0 Å². The molecule has 1 aliphatic rings. The Labute approximate surface area is 96.0 Å². The van der Waals surface area contributed by atoms with Gasteiger partial charge in [0.15, 0.2) is 0 Å². The highest BCUT2D eigenvalue weighted by atomic mass is 16.1. The van der Waals surface area contributed by atoms with Crippen molar-refractivity contribution in [2.24, 2.45) is 11.7 Å². The topological polar surface area (TPSA) is 55.1 Å². The SMILES string of the molecule is Cc1cccc(C(=O)NCC2CC(N)C2)c1. The zero-order chi connectivity index (χ0) is 11.5. The van der Waals surface area contributed by atoms with Crippen LogP contribution in [0.25, 0.3) is 0 Å². The summed E-state index contributed by atoms with van der Waals surface area (Å²) in [5, 5.41) is 2.95. The van der Waals surface area contributed by atoms with Gasteiger partial charge in [-0.15, -0.1) is 0 Å². The largest absolute Gasteiger partial charge is 0.352 e. The average Bonchev–Trinajstić information content (AvgIpc) is 2.22. The Morgan fingerprint density at radius 2 is 2.25 bits per heavy atom. The number of hydrogen-bond donors (Lipinski definition) is 2. The molecule has 1 saturated carbocycles. The lowest BCUT2D eigenvalue weighted by Gasteiger charge is -2.32. The molecule has 1 aromatic carbocycles. The van der Waals surface area contributed by atoms with Crippen molar-refractivity contribution < 1.29 is 4.79 Å². The first-order chi connectivity index (χ1) is 7.65. The number of aryl methyl sites for hydroxylation is 1. The Bertz CT molecular complexity index is 383. The average molecular weight is 218 g/mol. The standard InChI is InChI=1S/C13H18N2O/c1-9-3-2-4-11(5-9)13(16)15-8-10-6-12(14)7-10/h2-5,10,12H,6-8,14H2,1H3,(H,15,16). The van der Waals surface area contributed by atoms with Crippen LogP contribution in [0.15, 0.2) is 24.3 Å². The summed E-state index contributed by atoms with van der Waals surface area (Å²) in [6.45, 7) is 2.74. The van der Waals surface area contributed by atoms with Gasteiger partial charge in [-0.25, -0.2) is 0 Å². The van der Waals surface area contributed by atoms with Crippen molar-refractivity contribution in [2.45, 2.75) is 25.8 Å². The highest BCUT2D eigenvalue weighted by Gasteiger charge is 2.25. The fourth-order valence-corrected chi connectivity index (χ4v) is 2.08. The van der Waals surface area contributed by atoms with Crippen LogP contribution in [0.3, 0.4) is 0 Å². The van der Waals surface area contributed by atoms with Gasteiger partial charge in [0.25, 0.3) is 5.91 Å². The van der Waals surface area contributed by atoms with Crippen molar-refractivity contribution in [1.82, 2.24) is 5.32 Å². The highest BCUT2D eigenvalue weighted by Crippen LogP contribution is 2.24. The van der Waals surface area contributed by atoms with Crippen LogP contribution in [0, 0.1) is 12.8 Å². The molecule has 0 spiro atoms. The predicted octanol–water partition coefficient (Wildman–Crippen LogP) is 1.46. The van der Waals surface area contributed by atoms with Crippen LogP contribution in [0.2, 0.25) is 0 Å². The first-order valence-electron chi connectivity index (χ1n) is 5.75. The van der Waals surface area contributed by atoms with Crippen molar-refractivity contribution in [2.75, 3.05) is 6.54 Å². The second kappa shape index (κ2) is 4.66. The quantitative estimate of drug-likeness (QED) is 0.807. The first kappa shape index (κ1) is 11.1. The van der Waals surface area contributed by atoms with Gasteiger partial charge in [0.1, 0.15) is 0 Å². The monoisotopic (exact) mass is 218 g/mol. The number of benzene rings is 1. The molecule has 0 saturated heterocycles. The molecule has 2 rings (SSSR count). The third kappa shape index (κ3) is 2.61. The van der Waals surface area contributed by atoms with Gasteiger partial charge in [0.05, 0.1) is 0 Å². The normalized spacial score (nSPS) is 23.6. The molecule has 3 N–H and O–H groups in total. The van der Waals surface area contributed by atoms with Crippen molar-refractivity contribution in [3.05, 3.63) is 35.4 Å². The molecular formula is C13H18N2O. The molecule has 16 heavy (non-hydrogen) atoms. The van der Waals surface area contributed by atoms with Gasteiger partial charge in [0.2, 0.25) is 0 Å². The Morgan fingerprint density at radius 3 is 2.88 bits per heavy atom. The van der Waals surface area contributed by atoms with E-state index in [1.165, 1.54) is 0 Å². The van der Waals surface area contributed by atoms with Gasteiger partial charge in [0, 0.05) is 18.2 Å². The minimum Gasteiger partial charge on any atom is -0.352 e. The third-order valence-electron chi connectivity index (χ3n) is 3.10. The summed E-state index contributed by atoms with van der Waals surface area (Å²) >= 11 is 0. The fraction of sp³-hybridized carbons (Fsp3) is 0.462.